The molecule has 0 bridgehead atoms. The number of likely N-dealkylation sites (N-methyl/N-ethyl adjacent to an activating group) is 1. The first-order valence-electron chi connectivity index (χ1n) is 11.3. The molecule has 0 atom stereocenters. The van der Waals surface area contributed by atoms with Gasteiger partial charge in [-0.1, -0.05) is 42.5 Å². The molecule has 0 fully saturated rings. The minimum absolute atomic E-state index is 0. The van der Waals surface area contributed by atoms with E-state index < -0.39 is 5.97 Å². The van der Waals surface area contributed by atoms with Gasteiger partial charge in [0.15, 0.2) is 0 Å². The van der Waals surface area contributed by atoms with Crippen LogP contribution in [0.4, 0.5) is 10.3 Å². The van der Waals surface area contributed by atoms with Crippen molar-refractivity contribution in [1.29, 1.82) is 0 Å². The number of aromatic nitrogens is 2. The SMILES string of the molecule is CN(C)CC(=O)O.Cl.Cl.Nc1nc(C(=O)N2Cc3ccccc3C2)c2cc(-c3cccc(F)c3)ccc2n1. The van der Waals surface area contributed by atoms with Crippen molar-refractivity contribution in [2.75, 3.05) is 26.4 Å². The number of anilines is 1. The summed E-state index contributed by atoms with van der Waals surface area (Å²) in [6.45, 7) is 1.17. The van der Waals surface area contributed by atoms with E-state index in [9.17, 15) is 14.0 Å². The van der Waals surface area contributed by atoms with Crippen LogP contribution in [0.3, 0.4) is 0 Å². The number of nitrogens with zero attached hydrogens (tertiary/aromatic N) is 4. The number of rotatable bonds is 4. The van der Waals surface area contributed by atoms with E-state index in [0.717, 1.165) is 22.3 Å². The first-order chi connectivity index (χ1) is 17.2. The number of amides is 1. The van der Waals surface area contributed by atoms with Crippen molar-refractivity contribution in [3.05, 3.63) is 89.4 Å². The van der Waals surface area contributed by atoms with Crippen LogP contribution in [-0.4, -0.2) is 57.4 Å². The molecular weight excluding hydrogens is 532 g/mol. The fourth-order valence-corrected chi connectivity index (χ4v) is 4.05. The van der Waals surface area contributed by atoms with Gasteiger partial charge in [-0.05, 0) is 60.6 Å². The summed E-state index contributed by atoms with van der Waals surface area (Å²) >= 11 is 0. The number of nitrogens with two attached hydrogens (primary N) is 1. The number of benzene rings is 3. The minimum atomic E-state index is -0.787. The highest BCUT2D eigenvalue weighted by Crippen LogP contribution is 2.29. The summed E-state index contributed by atoms with van der Waals surface area (Å²) in [4.78, 5) is 34.9. The number of carboxylic acid groups (broad SMARTS) is 1. The largest absolute Gasteiger partial charge is 0.480 e. The van der Waals surface area contributed by atoms with Crippen molar-refractivity contribution >= 4 is 53.5 Å². The summed E-state index contributed by atoms with van der Waals surface area (Å²) in [5, 5.41) is 8.64. The van der Waals surface area contributed by atoms with Crippen LogP contribution < -0.4 is 5.73 Å². The van der Waals surface area contributed by atoms with Gasteiger partial charge in [-0.3, -0.25) is 14.5 Å². The van der Waals surface area contributed by atoms with Crippen LogP contribution in [0.5, 0.6) is 0 Å². The van der Waals surface area contributed by atoms with E-state index in [1.165, 1.54) is 12.1 Å². The van der Waals surface area contributed by atoms with E-state index in [4.69, 9.17) is 10.8 Å². The van der Waals surface area contributed by atoms with Crippen molar-refractivity contribution < 1.29 is 19.1 Å². The van der Waals surface area contributed by atoms with Crippen LogP contribution in [0.15, 0.2) is 66.7 Å². The van der Waals surface area contributed by atoms with Crippen LogP contribution in [0, 0.1) is 5.82 Å². The maximum atomic E-state index is 13.7. The van der Waals surface area contributed by atoms with Crippen LogP contribution in [0.25, 0.3) is 22.0 Å². The highest BCUT2D eigenvalue weighted by molar-refractivity contribution is 6.05. The summed E-state index contributed by atoms with van der Waals surface area (Å²) in [5.41, 5.74) is 10.5. The van der Waals surface area contributed by atoms with Gasteiger partial charge >= 0.3 is 5.97 Å². The second kappa shape index (κ2) is 13.1. The smallest absolute Gasteiger partial charge is 0.317 e. The Morgan fingerprint density at radius 3 is 2.13 bits per heavy atom. The molecule has 1 aliphatic rings. The molecule has 0 spiro atoms. The van der Waals surface area contributed by atoms with E-state index in [2.05, 4.69) is 9.97 Å². The maximum Gasteiger partial charge on any atom is 0.317 e. The highest BCUT2D eigenvalue weighted by Gasteiger charge is 2.26. The lowest BCUT2D eigenvalue weighted by atomic mass is 10.0. The fourth-order valence-electron chi connectivity index (χ4n) is 4.05. The average Bonchev–Trinajstić information content (AvgIpc) is 3.27. The van der Waals surface area contributed by atoms with Crippen LogP contribution >= 0.6 is 24.8 Å². The number of hydrogen-bond acceptors (Lipinski definition) is 6. The molecule has 1 amide bonds. The van der Waals surface area contributed by atoms with Gasteiger partial charge in [0.05, 0.1) is 12.1 Å². The zero-order chi connectivity index (χ0) is 25.8. The topological polar surface area (TPSA) is 113 Å². The van der Waals surface area contributed by atoms with Crippen molar-refractivity contribution in [3.63, 3.8) is 0 Å². The third kappa shape index (κ3) is 7.16. The molecule has 8 nitrogen and oxygen atoms in total. The Morgan fingerprint density at radius 1 is 0.947 bits per heavy atom. The average molecular weight is 560 g/mol. The summed E-state index contributed by atoms with van der Waals surface area (Å²) in [5.74, 6) is -1.25. The highest BCUT2D eigenvalue weighted by atomic mass is 35.5. The van der Waals surface area contributed by atoms with Crippen LogP contribution in [0.2, 0.25) is 0 Å². The molecule has 0 radical (unpaired) electrons. The number of carbonyl (C=O) groups excluding carboxylic acids is 1. The molecule has 0 saturated heterocycles. The number of hydrogen-bond donors (Lipinski definition) is 2. The van der Waals surface area contributed by atoms with Gasteiger partial charge < -0.3 is 15.7 Å². The summed E-state index contributed by atoms with van der Waals surface area (Å²) in [6, 6.07) is 19.8. The van der Waals surface area contributed by atoms with E-state index in [-0.39, 0.29) is 54.7 Å². The molecule has 200 valence electrons. The second-order valence-corrected chi connectivity index (χ2v) is 8.73. The van der Waals surface area contributed by atoms with E-state index >= 15 is 0 Å². The number of carboxylic acids is 1. The van der Waals surface area contributed by atoms with Gasteiger partial charge in [-0.2, -0.15) is 0 Å². The number of nitrogen functional groups attached to an aromatic ring is 1. The van der Waals surface area contributed by atoms with Gasteiger partial charge in [-0.15, -0.1) is 24.8 Å². The third-order valence-electron chi connectivity index (χ3n) is 5.65. The summed E-state index contributed by atoms with van der Waals surface area (Å²) < 4.78 is 13.7. The Labute approximate surface area is 232 Å². The zero-order valence-electron chi connectivity index (χ0n) is 20.8. The number of carbonyl (C=O) groups is 2. The summed E-state index contributed by atoms with van der Waals surface area (Å²) in [6.07, 6.45) is 0. The predicted octanol–water partition coefficient (Wildman–Crippen LogP) is 4.65. The normalized spacial score (nSPS) is 11.6. The number of aliphatic carboxylic acids is 1. The van der Waals surface area contributed by atoms with E-state index in [1.54, 1.807) is 36.0 Å². The third-order valence-corrected chi connectivity index (χ3v) is 5.65. The first kappa shape index (κ1) is 30.4. The molecule has 0 saturated carbocycles. The molecule has 3 N–H and O–H groups in total. The standard InChI is InChI=1S/C23H17FN4O.C4H9NO2.2ClH/c24-18-7-3-6-14(10-18)15-8-9-20-19(11-15)21(27-23(25)26-20)22(29)28-12-16-4-1-2-5-17(16)13-28;1-5(2)3-4(6)7;;/h1-11H,12-13H2,(H2,25,26,27);3H2,1-2H3,(H,6,7);2*1H. The molecule has 1 aliphatic heterocycles. The van der Waals surface area contributed by atoms with Crippen LogP contribution in [0.1, 0.15) is 21.6 Å². The Hall–Kier alpha value is -3.79. The summed E-state index contributed by atoms with van der Waals surface area (Å²) in [7, 11) is 3.43. The molecule has 3 aromatic carbocycles. The van der Waals surface area contributed by atoms with Gasteiger partial charge in [0.1, 0.15) is 11.5 Å². The molecule has 2 heterocycles. The van der Waals surface area contributed by atoms with Crippen molar-refractivity contribution in [2.24, 2.45) is 0 Å². The molecule has 5 rings (SSSR count). The minimum Gasteiger partial charge on any atom is -0.480 e. The lowest BCUT2D eigenvalue weighted by Crippen LogP contribution is -2.27. The molecule has 1 aromatic heterocycles. The number of fused-ring (bicyclic) bond motifs is 2. The fraction of sp³-hybridized carbons (Fsp3) is 0.185. The van der Waals surface area contributed by atoms with E-state index in [0.29, 0.717) is 24.0 Å². The Balaban J connectivity index is 0.000000502. The Morgan fingerprint density at radius 2 is 1.58 bits per heavy atom. The predicted molar refractivity (Wildman–Crippen MR) is 150 cm³/mol. The lowest BCUT2D eigenvalue weighted by molar-refractivity contribution is -0.137. The molecular formula is C27H28Cl2FN5O3. The van der Waals surface area contributed by atoms with E-state index in [1.807, 2.05) is 42.5 Å². The van der Waals surface area contributed by atoms with Gasteiger partial charge in [0, 0.05) is 18.5 Å². The van der Waals surface area contributed by atoms with Crippen molar-refractivity contribution in [1.82, 2.24) is 19.8 Å². The molecule has 0 unspecified atom stereocenters. The maximum absolute atomic E-state index is 13.7. The van der Waals surface area contributed by atoms with Crippen molar-refractivity contribution in [2.45, 2.75) is 13.1 Å². The van der Waals surface area contributed by atoms with Gasteiger partial charge in [0.2, 0.25) is 5.95 Å². The van der Waals surface area contributed by atoms with Gasteiger partial charge in [-0.25, -0.2) is 14.4 Å². The van der Waals surface area contributed by atoms with Gasteiger partial charge in [0.25, 0.3) is 5.91 Å². The Bertz CT molecular complexity index is 1430. The Kier molecular flexibility index (Phi) is 10.5. The molecule has 0 aliphatic carbocycles. The zero-order valence-corrected chi connectivity index (χ0v) is 22.4. The lowest BCUT2D eigenvalue weighted by Gasteiger charge is -2.16. The number of halogens is 3. The first-order valence-corrected chi connectivity index (χ1v) is 11.3. The molecule has 11 heteroatoms. The van der Waals surface area contributed by atoms with Crippen LogP contribution in [-0.2, 0) is 17.9 Å². The molecule has 4 aromatic rings. The van der Waals surface area contributed by atoms with Crippen molar-refractivity contribution in [3.8, 4) is 11.1 Å². The quantitative estimate of drug-likeness (QED) is 0.374. The second-order valence-electron chi connectivity index (χ2n) is 8.73. The molecule has 38 heavy (non-hydrogen) atoms. The monoisotopic (exact) mass is 559 g/mol.